The molecular formula is C16H23N3O. The molecule has 0 radical (unpaired) electrons. The van der Waals surface area contributed by atoms with Gasteiger partial charge in [-0.3, -0.25) is 4.68 Å². The molecule has 4 nitrogen and oxygen atoms in total. The number of benzene rings is 1. The average molecular weight is 273 g/mol. The predicted molar refractivity (Wildman–Crippen MR) is 81.2 cm³/mol. The van der Waals surface area contributed by atoms with Gasteiger partial charge in [-0.05, 0) is 45.0 Å². The molecule has 1 N–H and O–H groups in total. The molecule has 1 aromatic carbocycles. The Labute approximate surface area is 120 Å². The van der Waals surface area contributed by atoms with Crippen molar-refractivity contribution < 1.29 is 4.74 Å². The van der Waals surface area contributed by atoms with Crippen molar-refractivity contribution in [2.75, 3.05) is 6.54 Å². The van der Waals surface area contributed by atoms with Crippen LogP contribution in [0.3, 0.4) is 0 Å². The number of nitrogens with zero attached hydrogens (tertiary/aromatic N) is 2. The maximum Gasteiger partial charge on any atom is 0.165 e. The Bertz CT molecular complexity index is 548. The second kappa shape index (κ2) is 6.57. The lowest BCUT2D eigenvalue weighted by Crippen LogP contribution is -2.17. The molecule has 0 aliphatic rings. The minimum atomic E-state index is 0.321. The standard InChI is InChI=1S/C16H23N3O/c1-5-17-13(4)14-7-6-8-15(9-14)20-16-10-18-19(11-16)12(2)3/h6-13,17H,5H2,1-4H3. The van der Waals surface area contributed by atoms with Crippen LogP contribution in [0.2, 0.25) is 0 Å². The van der Waals surface area contributed by atoms with Gasteiger partial charge in [0.15, 0.2) is 5.75 Å². The van der Waals surface area contributed by atoms with Gasteiger partial charge in [-0.2, -0.15) is 5.10 Å². The normalized spacial score (nSPS) is 12.7. The Balaban J connectivity index is 2.10. The van der Waals surface area contributed by atoms with Gasteiger partial charge in [0.05, 0.1) is 12.4 Å². The molecule has 0 spiro atoms. The van der Waals surface area contributed by atoms with Crippen LogP contribution in [-0.2, 0) is 0 Å². The van der Waals surface area contributed by atoms with Crippen molar-refractivity contribution in [3.05, 3.63) is 42.2 Å². The number of rotatable bonds is 6. The van der Waals surface area contributed by atoms with E-state index >= 15 is 0 Å². The van der Waals surface area contributed by atoms with Gasteiger partial charge >= 0.3 is 0 Å². The molecule has 0 amide bonds. The zero-order chi connectivity index (χ0) is 14.5. The lowest BCUT2D eigenvalue weighted by atomic mass is 10.1. The van der Waals surface area contributed by atoms with Gasteiger partial charge in [-0.25, -0.2) is 0 Å². The van der Waals surface area contributed by atoms with E-state index in [9.17, 15) is 0 Å². The van der Waals surface area contributed by atoms with Crippen LogP contribution in [0.25, 0.3) is 0 Å². The fraction of sp³-hybridized carbons (Fsp3) is 0.438. The summed E-state index contributed by atoms with van der Waals surface area (Å²) in [5.74, 6) is 1.61. The molecule has 108 valence electrons. The van der Waals surface area contributed by atoms with E-state index in [-0.39, 0.29) is 0 Å². The smallest absolute Gasteiger partial charge is 0.165 e. The summed E-state index contributed by atoms with van der Waals surface area (Å²) in [6.07, 6.45) is 3.67. The van der Waals surface area contributed by atoms with Crippen molar-refractivity contribution in [1.29, 1.82) is 0 Å². The molecule has 2 rings (SSSR count). The van der Waals surface area contributed by atoms with Gasteiger partial charge in [-0.1, -0.05) is 19.1 Å². The van der Waals surface area contributed by atoms with Crippen molar-refractivity contribution in [3.8, 4) is 11.5 Å². The number of ether oxygens (including phenoxy) is 1. The fourth-order valence-electron chi connectivity index (χ4n) is 2.06. The predicted octanol–water partition coefficient (Wildman–Crippen LogP) is 3.93. The number of aromatic nitrogens is 2. The molecule has 2 aromatic rings. The minimum Gasteiger partial charge on any atom is -0.454 e. The largest absolute Gasteiger partial charge is 0.454 e. The Morgan fingerprint density at radius 3 is 2.70 bits per heavy atom. The average Bonchev–Trinajstić information content (AvgIpc) is 2.88. The Morgan fingerprint density at radius 2 is 2.05 bits per heavy atom. The summed E-state index contributed by atoms with van der Waals surface area (Å²) in [5.41, 5.74) is 1.22. The Kier molecular flexibility index (Phi) is 4.79. The van der Waals surface area contributed by atoms with Crippen molar-refractivity contribution in [1.82, 2.24) is 15.1 Å². The number of hydrogen-bond acceptors (Lipinski definition) is 3. The topological polar surface area (TPSA) is 39.1 Å². The van der Waals surface area contributed by atoms with Crippen LogP contribution in [0, 0.1) is 0 Å². The molecule has 0 fully saturated rings. The Hall–Kier alpha value is -1.81. The van der Waals surface area contributed by atoms with Gasteiger partial charge in [0.2, 0.25) is 0 Å². The van der Waals surface area contributed by atoms with E-state index in [4.69, 9.17) is 4.74 Å². The SMILES string of the molecule is CCNC(C)c1cccc(Oc2cnn(C(C)C)c2)c1. The lowest BCUT2D eigenvalue weighted by molar-refractivity contribution is 0.475. The summed E-state index contributed by atoms with van der Waals surface area (Å²) >= 11 is 0. The number of hydrogen-bond donors (Lipinski definition) is 1. The molecule has 0 aliphatic carbocycles. The van der Waals surface area contributed by atoms with Crippen LogP contribution in [0.1, 0.15) is 45.3 Å². The second-order valence-electron chi connectivity index (χ2n) is 5.20. The van der Waals surface area contributed by atoms with Gasteiger partial charge in [0, 0.05) is 12.1 Å². The fourth-order valence-corrected chi connectivity index (χ4v) is 2.06. The highest BCUT2D eigenvalue weighted by Gasteiger charge is 2.07. The quantitative estimate of drug-likeness (QED) is 0.866. The Morgan fingerprint density at radius 1 is 1.25 bits per heavy atom. The van der Waals surface area contributed by atoms with Crippen molar-refractivity contribution in [2.45, 2.75) is 39.8 Å². The number of nitrogens with one attached hydrogen (secondary N) is 1. The first-order valence-electron chi connectivity index (χ1n) is 7.15. The molecule has 1 unspecified atom stereocenters. The van der Waals surface area contributed by atoms with Crippen LogP contribution in [-0.4, -0.2) is 16.3 Å². The van der Waals surface area contributed by atoms with E-state index in [1.165, 1.54) is 5.56 Å². The van der Waals surface area contributed by atoms with E-state index in [0.717, 1.165) is 18.0 Å². The third-order valence-corrected chi connectivity index (χ3v) is 3.21. The highest BCUT2D eigenvalue weighted by Crippen LogP contribution is 2.24. The van der Waals surface area contributed by atoms with E-state index in [1.807, 2.05) is 23.0 Å². The molecule has 0 bridgehead atoms. The maximum atomic E-state index is 5.87. The first kappa shape index (κ1) is 14.6. The van der Waals surface area contributed by atoms with Gasteiger partial charge < -0.3 is 10.1 Å². The lowest BCUT2D eigenvalue weighted by Gasteiger charge is -2.13. The summed E-state index contributed by atoms with van der Waals surface area (Å²) in [5, 5.41) is 7.68. The summed E-state index contributed by atoms with van der Waals surface area (Å²) in [4.78, 5) is 0. The van der Waals surface area contributed by atoms with Crippen molar-refractivity contribution in [2.24, 2.45) is 0 Å². The minimum absolute atomic E-state index is 0.321. The summed E-state index contributed by atoms with van der Waals surface area (Å²) < 4.78 is 7.76. The first-order valence-corrected chi connectivity index (χ1v) is 7.15. The molecule has 1 aromatic heterocycles. The molecule has 1 atom stereocenters. The summed E-state index contributed by atoms with van der Waals surface area (Å²) in [6, 6.07) is 8.83. The molecular weight excluding hydrogens is 250 g/mol. The monoisotopic (exact) mass is 273 g/mol. The zero-order valence-electron chi connectivity index (χ0n) is 12.6. The highest BCUT2D eigenvalue weighted by atomic mass is 16.5. The van der Waals surface area contributed by atoms with Crippen LogP contribution in [0.4, 0.5) is 0 Å². The molecule has 0 saturated carbocycles. The van der Waals surface area contributed by atoms with E-state index < -0.39 is 0 Å². The highest BCUT2D eigenvalue weighted by molar-refractivity contribution is 5.33. The van der Waals surface area contributed by atoms with E-state index in [1.54, 1.807) is 6.20 Å². The summed E-state index contributed by atoms with van der Waals surface area (Å²) in [6.45, 7) is 9.40. The summed E-state index contributed by atoms with van der Waals surface area (Å²) in [7, 11) is 0. The second-order valence-corrected chi connectivity index (χ2v) is 5.20. The first-order chi connectivity index (χ1) is 9.60. The van der Waals surface area contributed by atoms with Gasteiger partial charge in [-0.15, -0.1) is 0 Å². The van der Waals surface area contributed by atoms with Gasteiger partial charge in [0.1, 0.15) is 5.75 Å². The molecule has 0 aliphatic heterocycles. The third kappa shape index (κ3) is 3.61. The van der Waals surface area contributed by atoms with Crippen LogP contribution >= 0.6 is 0 Å². The van der Waals surface area contributed by atoms with Crippen LogP contribution in [0.15, 0.2) is 36.7 Å². The molecule has 0 saturated heterocycles. The van der Waals surface area contributed by atoms with E-state index in [0.29, 0.717) is 12.1 Å². The van der Waals surface area contributed by atoms with Crippen molar-refractivity contribution in [3.63, 3.8) is 0 Å². The maximum absolute atomic E-state index is 5.87. The van der Waals surface area contributed by atoms with E-state index in [2.05, 4.69) is 50.2 Å². The van der Waals surface area contributed by atoms with Crippen LogP contribution < -0.4 is 10.1 Å². The van der Waals surface area contributed by atoms with Crippen LogP contribution in [0.5, 0.6) is 11.5 Å². The molecule has 4 heteroatoms. The zero-order valence-corrected chi connectivity index (χ0v) is 12.6. The molecule has 20 heavy (non-hydrogen) atoms. The van der Waals surface area contributed by atoms with Gasteiger partial charge in [0.25, 0.3) is 0 Å². The van der Waals surface area contributed by atoms with Crippen molar-refractivity contribution >= 4 is 0 Å². The molecule has 1 heterocycles. The third-order valence-electron chi connectivity index (χ3n) is 3.21.